The van der Waals surface area contributed by atoms with Crippen molar-refractivity contribution in [3.63, 3.8) is 0 Å². The summed E-state index contributed by atoms with van der Waals surface area (Å²) < 4.78 is 40.2. The molecule has 0 aliphatic carbocycles. The van der Waals surface area contributed by atoms with Crippen molar-refractivity contribution in [2.45, 2.75) is 5.75 Å². The van der Waals surface area contributed by atoms with Gasteiger partial charge in [0.05, 0.1) is 5.75 Å². The highest BCUT2D eigenvalue weighted by atomic mass is 35.5. The number of hydrogen-bond donors (Lipinski definition) is 1. The standard InChI is InChI=1S/C15H11ClFN3O2S2/c16-12-7-5-10(6-8-12)14-18-19-15(23-14)20-24(21,22)9-11-3-1-2-4-13(11)17/h1-8H,9H2,(H,19,20). The Labute approximate surface area is 147 Å². The van der Waals surface area contributed by atoms with Crippen molar-refractivity contribution in [2.24, 2.45) is 0 Å². The van der Waals surface area contributed by atoms with Gasteiger partial charge in [0.1, 0.15) is 10.8 Å². The summed E-state index contributed by atoms with van der Waals surface area (Å²) in [5.41, 5.74) is 0.865. The predicted molar refractivity (Wildman–Crippen MR) is 93.0 cm³/mol. The summed E-state index contributed by atoms with van der Waals surface area (Å²) in [6.07, 6.45) is 0. The molecule has 9 heteroatoms. The summed E-state index contributed by atoms with van der Waals surface area (Å²) in [7, 11) is -3.79. The lowest BCUT2D eigenvalue weighted by molar-refractivity contribution is 0.591. The van der Waals surface area contributed by atoms with Gasteiger partial charge in [-0.25, -0.2) is 12.8 Å². The number of halogens is 2. The summed E-state index contributed by atoms with van der Waals surface area (Å²) in [4.78, 5) is 0. The third kappa shape index (κ3) is 4.08. The van der Waals surface area contributed by atoms with Crippen molar-refractivity contribution in [2.75, 3.05) is 4.72 Å². The molecule has 0 aliphatic rings. The molecule has 0 unspecified atom stereocenters. The first-order chi connectivity index (χ1) is 11.4. The van der Waals surface area contributed by atoms with Crippen LogP contribution in [0, 0.1) is 5.82 Å². The van der Waals surface area contributed by atoms with Crippen LogP contribution in [0.4, 0.5) is 9.52 Å². The molecule has 124 valence electrons. The minimum Gasteiger partial charge on any atom is -0.257 e. The molecule has 24 heavy (non-hydrogen) atoms. The highest BCUT2D eigenvalue weighted by molar-refractivity contribution is 7.92. The number of benzene rings is 2. The quantitative estimate of drug-likeness (QED) is 0.724. The van der Waals surface area contributed by atoms with Crippen molar-refractivity contribution < 1.29 is 12.8 Å². The highest BCUT2D eigenvalue weighted by Crippen LogP contribution is 2.28. The van der Waals surface area contributed by atoms with Crippen molar-refractivity contribution in [3.05, 3.63) is 64.9 Å². The van der Waals surface area contributed by atoms with Crippen LogP contribution in [0.2, 0.25) is 5.02 Å². The Morgan fingerprint density at radius 2 is 1.79 bits per heavy atom. The molecule has 2 aromatic carbocycles. The van der Waals surface area contributed by atoms with Gasteiger partial charge in [-0.1, -0.05) is 53.3 Å². The third-order valence-electron chi connectivity index (χ3n) is 3.06. The molecular formula is C15H11ClFN3O2S2. The van der Waals surface area contributed by atoms with Gasteiger partial charge in [-0.3, -0.25) is 4.72 Å². The molecule has 0 atom stereocenters. The van der Waals surface area contributed by atoms with Gasteiger partial charge in [0, 0.05) is 16.1 Å². The van der Waals surface area contributed by atoms with E-state index in [9.17, 15) is 12.8 Å². The Morgan fingerprint density at radius 3 is 2.50 bits per heavy atom. The molecule has 1 N–H and O–H groups in total. The molecule has 0 fully saturated rings. The van der Waals surface area contributed by atoms with Gasteiger partial charge in [-0.15, -0.1) is 10.2 Å². The molecule has 3 rings (SSSR count). The molecule has 0 spiro atoms. The van der Waals surface area contributed by atoms with E-state index < -0.39 is 21.6 Å². The zero-order valence-electron chi connectivity index (χ0n) is 12.1. The van der Waals surface area contributed by atoms with Crippen LogP contribution >= 0.6 is 22.9 Å². The fourth-order valence-corrected chi connectivity index (χ4v) is 4.26. The summed E-state index contributed by atoms with van der Waals surface area (Å²) in [5.74, 6) is -1.04. The lowest BCUT2D eigenvalue weighted by Crippen LogP contribution is -2.15. The van der Waals surface area contributed by atoms with Crippen molar-refractivity contribution in [1.82, 2.24) is 10.2 Å². The molecule has 0 aliphatic heterocycles. The van der Waals surface area contributed by atoms with Crippen LogP contribution in [-0.4, -0.2) is 18.6 Å². The van der Waals surface area contributed by atoms with Gasteiger partial charge in [0.25, 0.3) is 0 Å². The summed E-state index contributed by atoms with van der Waals surface area (Å²) in [6, 6.07) is 12.7. The van der Waals surface area contributed by atoms with E-state index in [2.05, 4.69) is 14.9 Å². The van der Waals surface area contributed by atoms with E-state index >= 15 is 0 Å². The molecule has 0 amide bonds. The largest absolute Gasteiger partial charge is 0.257 e. The number of aromatic nitrogens is 2. The van der Waals surface area contributed by atoms with E-state index in [0.717, 1.165) is 16.9 Å². The maximum atomic E-state index is 13.6. The minimum absolute atomic E-state index is 0.0902. The van der Waals surface area contributed by atoms with Crippen LogP contribution in [0.1, 0.15) is 5.56 Å². The zero-order chi connectivity index (χ0) is 17.2. The average molecular weight is 384 g/mol. The SMILES string of the molecule is O=S(=O)(Cc1ccccc1F)Nc1nnc(-c2ccc(Cl)cc2)s1. The average Bonchev–Trinajstić information content (AvgIpc) is 2.98. The zero-order valence-corrected chi connectivity index (χ0v) is 14.5. The Morgan fingerprint density at radius 1 is 1.08 bits per heavy atom. The molecule has 0 saturated heterocycles. The molecule has 0 radical (unpaired) electrons. The van der Waals surface area contributed by atoms with E-state index in [-0.39, 0.29) is 10.7 Å². The van der Waals surface area contributed by atoms with Crippen LogP contribution in [0.5, 0.6) is 0 Å². The maximum Gasteiger partial charge on any atom is 0.238 e. The number of anilines is 1. The van der Waals surface area contributed by atoms with Crippen molar-refractivity contribution >= 4 is 38.1 Å². The summed E-state index contributed by atoms with van der Waals surface area (Å²) in [6.45, 7) is 0. The monoisotopic (exact) mass is 383 g/mol. The number of rotatable bonds is 5. The van der Waals surface area contributed by atoms with Gasteiger partial charge in [0.2, 0.25) is 15.2 Å². The maximum absolute atomic E-state index is 13.6. The second-order valence-corrected chi connectivity index (χ2v) is 8.01. The van der Waals surface area contributed by atoms with E-state index in [0.29, 0.717) is 10.0 Å². The second kappa shape index (κ2) is 6.84. The fourth-order valence-electron chi connectivity index (χ4n) is 1.96. The highest BCUT2D eigenvalue weighted by Gasteiger charge is 2.17. The first-order valence-corrected chi connectivity index (χ1v) is 9.61. The van der Waals surface area contributed by atoms with Gasteiger partial charge in [-0.05, 0) is 18.2 Å². The first-order valence-electron chi connectivity index (χ1n) is 6.76. The summed E-state index contributed by atoms with van der Waals surface area (Å²) >= 11 is 6.91. The number of hydrogen-bond acceptors (Lipinski definition) is 5. The van der Waals surface area contributed by atoms with Crippen molar-refractivity contribution in [3.8, 4) is 10.6 Å². The van der Waals surface area contributed by atoms with E-state index in [1.807, 2.05) is 0 Å². The van der Waals surface area contributed by atoms with E-state index in [1.165, 1.54) is 18.2 Å². The fraction of sp³-hybridized carbons (Fsp3) is 0.0667. The number of nitrogens with one attached hydrogen (secondary N) is 1. The Kier molecular flexibility index (Phi) is 4.79. The van der Waals surface area contributed by atoms with Gasteiger partial charge < -0.3 is 0 Å². The third-order valence-corrected chi connectivity index (χ3v) is 5.53. The molecule has 5 nitrogen and oxygen atoms in total. The molecule has 1 aromatic heterocycles. The van der Waals surface area contributed by atoms with Crippen LogP contribution in [0.25, 0.3) is 10.6 Å². The Balaban J connectivity index is 1.76. The molecular weight excluding hydrogens is 373 g/mol. The molecule has 1 heterocycles. The normalized spacial score (nSPS) is 11.4. The van der Waals surface area contributed by atoms with Crippen LogP contribution < -0.4 is 4.72 Å². The van der Waals surface area contributed by atoms with Gasteiger partial charge in [-0.2, -0.15) is 0 Å². The van der Waals surface area contributed by atoms with Crippen LogP contribution in [-0.2, 0) is 15.8 Å². The minimum atomic E-state index is -3.79. The molecule has 0 bridgehead atoms. The van der Waals surface area contributed by atoms with Crippen molar-refractivity contribution in [1.29, 1.82) is 0 Å². The lowest BCUT2D eigenvalue weighted by atomic mass is 10.2. The number of sulfonamides is 1. The Bertz CT molecular complexity index is 959. The van der Waals surface area contributed by atoms with Crippen LogP contribution in [0.3, 0.4) is 0 Å². The van der Waals surface area contributed by atoms with E-state index in [1.54, 1.807) is 30.3 Å². The topological polar surface area (TPSA) is 72.0 Å². The second-order valence-electron chi connectivity index (χ2n) is 4.87. The van der Waals surface area contributed by atoms with Gasteiger partial charge in [0.15, 0.2) is 0 Å². The Hall–Kier alpha value is -2.03. The van der Waals surface area contributed by atoms with E-state index in [4.69, 9.17) is 11.6 Å². The summed E-state index contributed by atoms with van der Waals surface area (Å²) in [5, 5.41) is 9.03. The van der Waals surface area contributed by atoms with Crippen LogP contribution in [0.15, 0.2) is 48.5 Å². The van der Waals surface area contributed by atoms with Gasteiger partial charge >= 0.3 is 0 Å². The molecule has 3 aromatic rings. The molecule has 0 saturated carbocycles. The number of nitrogens with zero attached hydrogens (tertiary/aromatic N) is 2. The smallest absolute Gasteiger partial charge is 0.238 e. The predicted octanol–water partition coefficient (Wildman–Crippen LogP) is 3.94. The lowest BCUT2D eigenvalue weighted by Gasteiger charge is -2.05. The first kappa shape index (κ1) is 16.8.